The number of nitrogens with zero attached hydrogens (tertiary/aromatic N) is 1. The fourth-order valence-corrected chi connectivity index (χ4v) is 4.95. The summed E-state index contributed by atoms with van der Waals surface area (Å²) in [5, 5.41) is 7.47. The van der Waals surface area contributed by atoms with E-state index in [0.29, 0.717) is 0 Å². The van der Waals surface area contributed by atoms with Crippen LogP contribution >= 0.6 is 11.3 Å². The average Bonchev–Trinajstić information content (AvgIpc) is 3.22. The topological polar surface area (TPSA) is 62.8 Å². The number of anilines is 1. The van der Waals surface area contributed by atoms with Gasteiger partial charge in [0, 0.05) is 18.0 Å². The Hall–Kier alpha value is -2.51. The minimum atomic E-state index is -0.224. The molecule has 4 heterocycles. The number of fused-ring (bicyclic) bond motifs is 4. The molecule has 5 rings (SSSR count). The number of amides is 1. The van der Waals surface area contributed by atoms with Gasteiger partial charge in [-0.1, -0.05) is 12.1 Å². The van der Waals surface area contributed by atoms with Crippen molar-refractivity contribution in [2.45, 2.75) is 19.1 Å². The lowest BCUT2D eigenvalue weighted by Crippen LogP contribution is -2.43. The Labute approximate surface area is 155 Å². The molecule has 0 saturated carbocycles. The molecule has 7 heteroatoms. The lowest BCUT2D eigenvalue weighted by Gasteiger charge is -2.25. The maximum Gasteiger partial charge on any atom is 0.256 e. The standard InChI is InChI=1S/C19H19N3O3S/c1-22-7-6-12-15(9-22)26-19-17(12)18(23)20-16(21-19)5-3-11-2-4-13-14(8-11)25-10-24-13/h2-5,8,16,21H,6-7,9-10H2,1H3,(H,20,23)/b5-3+/t16-/m0/s1. The predicted molar refractivity (Wildman–Crippen MR) is 101 cm³/mol. The van der Waals surface area contributed by atoms with E-state index in [-0.39, 0.29) is 18.9 Å². The van der Waals surface area contributed by atoms with Crippen molar-refractivity contribution in [1.82, 2.24) is 10.2 Å². The van der Waals surface area contributed by atoms with Crippen molar-refractivity contribution in [2.24, 2.45) is 0 Å². The van der Waals surface area contributed by atoms with Crippen molar-refractivity contribution < 1.29 is 14.3 Å². The van der Waals surface area contributed by atoms with Gasteiger partial charge in [0.2, 0.25) is 6.79 Å². The molecular weight excluding hydrogens is 350 g/mol. The summed E-state index contributed by atoms with van der Waals surface area (Å²) < 4.78 is 10.7. The molecule has 1 aromatic carbocycles. The van der Waals surface area contributed by atoms with Gasteiger partial charge in [-0.25, -0.2) is 0 Å². The molecule has 6 nitrogen and oxygen atoms in total. The highest BCUT2D eigenvalue weighted by molar-refractivity contribution is 7.16. The van der Waals surface area contributed by atoms with E-state index in [9.17, 15) is 4.79 Å². The molecule has 1 amide bonds. The van der Waals surface area contributed by atoms with Gasteiger partial charge in [-0.3, -0.25) is 4.79 Å². The first-order chi connectivity index (χ1) is 12.7. The second kappa shape index (κ2) is 6.03. The number of thiophene rings is 1. The monoisotopic (exact) mass is 369 g/mol. The summed E-state index contributed by atoms with van der Waals surface area (Å²) in [6.07, 6.45) is 4.65. The van der Waals surface area contributed by atoms with Crippen LogP contribution in [-0.2, 0) is 13.0 Å². The summed E-state index contributed by atoms with van der Waals surface area (Å²) in [4.78, 5) is 16.2. The molecule has 134 valence electrons. The Balaban J connectivity index is 1.37. The van der Waals surface area contributed by atoms with Crippen molar-refractivity contribution in [3.8, 4) is 11.5 Å². The summed E-state index contributed by atoms with van der Waals surface area (Å²) in [6, 6.07) is 5.81. The molecule has 3 aliphatic rings. The Bertz CT molecular complexity index is 921. The summed E-state index contributed by atoms with van der Waals surface area (Å²) in [5.41, 5.74) is 3.06. The molecule has 0 radical (unpaired) electrons. The summed E-state index contributed by atoms with van der Waals surface area (Å²) in [6.45, 7) is 2.18. The summed E-state index contributed by atoms with van der Waals surface area (Å²) >= 11 is 1.70. The van der Waals surface area contributed by atoms with Crippen molar-refractivity contribution in [3.05, 3.63) is 45.8 Å². The second-order valence-corrected chi connectivity index (χ2v) is 7.87. The van der Waals surface area contributed by atoms with Crippen molar-refractivity contribution in [1.29, 1.82) is 0 Å². The van der Waals surface area contributed by atoms with Crippen molar-refractivity contribution >= 4 is 28.3 Å². The van der Waals surface area contributed by atoms with Gasteiger partial charge in [-0.05, 0) is 42.8 Å². The van der Waals surface area contributed by atoms with E-state index in [2.05, 4.69) is 22.6 Å². The average molecular weight is 369 g/mol. The van der Waals surface area contributed by atoms with Gasteiger partial charge in [0.15, 0.2) is 11.5 Å². The SMILES string of the molecule is CN1CCc2c(sc3c2C(=O)N[C@H](/C=C/c2ccc4c(c2)OCO4)N3)C1. The van der Waals surface area contributed by atoms with Crippen LogP contribution in [0, 0.1) is 0 Å². The second-order valence-electron chi connectivity index (χ2n) is 6.76. The largest absolute Gasteiger partial charge is 0.454 e. The summed E-state index contributed by atoms with van der Waals surface area (Å²) in [7, 11) is 2.12. The van der Waals surface area contributed by atoms with E-state index >= 15 is 0 Å². The minimum absolute atomic E-state index is 0.0149. The molecule has 0 unspecified atom stereocenters. The fraction of sp³-hybridized carbons (Fsp3) is 0.316. The molecule has 2 aromatic rings. The molecular formula is C19H19N3O3S. The smallest absolute Gasteiger partial charge is 0.256 e. The third kappa shape index (κ3) is 2.64. The zero-order valence-corrected chi connectivity index (χ0v) is 15.2. The number of carbonyl (C=O) groups is 1. The number of likely N-dealkylation sites (N-methyl/N-ethyl adjacent to an activating group) is 1. The molecule has 0 spiro atoms. The summed E-state index contributed by atoms with van der Waals surface area (Å²) in [5.74, 6) is 1.54. The first-order valence-electron chi connectivity index (χ1n) is 8.66. The molecule has 0 fully saturated rings. The van der Waals surface area contributed by atoms with E-state index in [1.807, 2.05) is 30.4 Å². The van der Waals surface area contributed by atoms with Crippen LogP contribution < -0.4 is 20.1 Å². The van der Waals surface area contributed by atoms with Crippen LogP contribution in [0.4, 0.5) is 5.00 Å². The van der Waals surface area contributed by atoms with Gasteiger partial charge in [0.1, 0.15) is 11.2 Å². The van der Waals surface area contributed by atoms with E-state index < -0.39 is 0 Å². The zero-order valence-electron chi connectivity index (χ0n) is 14.4. The normalized spacial score (nSPS) is 21.3. The fourth-order valence-electron chi connectivity index (χ4n) is 3.58. The number of hydrogen-bond donors (Lipinski definition) is 2. The van der Waals surface area contributed by atoms with Crippen LogP contribution in [0.5, 0.6) is 11.5 Å². The number of ether oxygens (including phenoxy) is 2. The zero-order chi connectivity index (χ0) is 17.7. The third-order valence-electron chi connectivity index (χ3n) is 4.93. The van der Waals surface area contributed by atoms with Crippen LogP contribution in [0.2, 0.25) is 0 Å². The number of hydrogen-bond acceptors (Lipinski definition) is 6. The van der Waals surface area contributed by atoms with Crippen molar-refractivity contribution in [2.75, 3.05) is 25.7 Å². The van der Waals surface area contributed by atoms with E-state index in [4.69, 9.17) is 9.47 Å². The molecule has 3 aliphatic heterocycles. The molecule has 1 atom stereocenters. The Kier molecular flexibility index (Phi) is 3.65. The van der Waals surface area contributed by atoms with Gasteiger partial charge in [0.25, 0.3) is 5.91 Å². The quantitative estimate of drug-likeness (QED) is 0.852. The highest BCUT2D eigenvalue weighted by atomic mass is 32.1. The van der Waals surface area contributed by atoms with Crippen LogP contribution in [0.1, 0.15) is 26.4 Å². The first-order valence-corrected chi connectivity index (χ1v) is 9.47. The maximum atomic E-state index is 12.6. The molecule has 1 aromatic heterocycles. The van der Waals surface area contributed by atoms with Gasteiger partial charge in [0.05, 0.1) is 5.56 Å². The molecule has 0 saturated heterocycles. The van der Waals surface area contributed by atoms with E-state index in [1.54, 1.807) is 11.3 Å². The van der Waals surface area contributed by atoms with Gasteiger partial charge >= 0.3 is 0 Å². The van der Waals surface area contributed by atoms with Gasteiger partial charge in [-0.15, -0.1) is 11.3 Å². The number of rotatable bonds is 2. The molecule has 0 aliphatic carbocycles. The Morgan fingerprint density at radius 2 is 2.15 bits per heavy atom. The molecule has 0 bridgehead atoms. The van der Waals surface area contributed by atoms with Gasteiger partial charge < -0.3 is 25.0 Å². The first kappa shape index (κ1) is 15.7. The number of benzene rings is 1. The van der Waals surface area contributed by atoms with Gasteiger partial charge in [-0.2, -0.15) is 0 Å². The lowest BCUT2D eigenvalue weighted by atomic mass is 10.0. The number of carbonyl (C=O) groups excluding carboxylic acids is 1. The minimum Gasteiger partial charge on any atom is -0.454 e. The number of nitrogens with one attached hydrogen (secondary N) is 2. The molecule has 26 heavy (non-hydrogen) atoms. The van der Waals surface area contributed by atoms with Crippen LogP contribution in [0.25, 0.3) is 6.08 Å². The van der Waals surface area contributed by atoms with E-state index in [0.717, 1.165) is 47.1 Å². The maximum absolute atomic E-state index is 12.6. The Morgan fingerprint density at radius 1 is 1.27 bits per heavy atom. The molecule has 2 N–H and O–H groups in total. The highest BCUT2D eigenvalue weighted by Crippen LogP contribution is 2.39. The van der Waals surface area contributed by atoms with Crippen LogP contribution in [0.3, 0.4) is 0 Å². The Morgan fingerprint density at radius 3 is 3.08 bits per heavy atom. The lowest BCUT2D eigenvalue weighted by molar-refractivity contribution is 0.0942. The van der Waals surface area contributed by atoms with Crippen LogP contribution in [-0.4, -0.2) is 37.4 Å². The third-order valence-corrected chi connectivity index (χ3v) is 6.07. The van der Waals surface area contributed by atoms with Crippen molar-refractivity contribution in [3.63, 3.8) is 0 Å². The van der Waals surface area contributed by atoms with Crippen LogP contribution in [0.15, 0.2) is 24.3 Å². The predicted octanol–water partition coefficient (Wildman–Crippen LogP) is 2.66. The highest BCUT2D eigenvalue weighted by Gasteiger charge is 2.31. The van der Waals surface area contributed by atoms with E-state index in [1.165, 1.54) is 10.4 Å².